The molecular weight excluding hydrogens is 273 g/mol. The van der Waals surface area contributed by atoms with Gasteiger partial charge >= 0.3 is 0 Å². The summed E-state index contributed by atoms with van der Waals surface area (Å²) in [4.78, 5) is 18.0. The highest BCUT2D eigenvalue weighted by Crippen LogP contribution is 2.16. The number of carbonyl (C=O) groups excluding carboxylic acids is 1. The molecule has 1 atom stereocenters. The summed E-state index contributed by atoms with van der Waals surface area (Å²) >= 11 is 0. The number of halogens is 2. The van der Waals surface area contributed by atoms with Gasteiger partial charge in [0.05, 0.1) is 0 Å². The third-order valence-corrected chi connectivity index (χ3v) is 3.02. The van der Waals surface area contributed by atoms with Crippen molar-refractivity contribution in [1.82, 2.24) is 9.88 Å². The van der Waals surface area contributed by atoms with Crippen molar-refractivity contribution < 1.29 is 4.79 Å². The number of rotatable bonds is 2. The molecule has 6 heteroatoms. The second kappa shape index (κ2) is 8.29. The van der Waals surface area contributed by atoms with Gasteiger partial charge in [-0.15, -0.1) is 24.8 Å². The topological polar surface area (TPSA) is 59.2 Å². The van der Waals surface area contributed by atoms with Crippen molar-refractivity contribution in [2.75, 3.05) is 19.6 Å². The van der Waals surface area contributed by atoms with Crippen LogP contribution < -0.4 is 5.73 Å². The van der Waals surface area contributed by atoms with Crippen molar-refractivity contribution >= 4 is 30.7 Å². The predicted molar refractivity (Wildman–Crippen MR) is 76.4 cm³/mol. The van der Waals surface area contributed by atoms with Crippen molar-refractivity contribution in [1.29, 1.82) is 0 Å². The molecule has 1 aliphatic rings. The maximum atomic E-state index is 12.1. The molecule has 1 aromatic rings. The molecule has 1 aromatic heterocycles. The zero-order valence-corrected chi connectivity index (χ0v) is 11.8. The molecule has 1 fully saturated rings. The van der Waals surface area contributed by atoms with Gasteiger partial charge < -0.3 is 10.6 Å². The van der Waals surface area contributed by atoms with Crippen molar-refractivity contribution in [3.8, 4) is 0 Å². The summed E-state index contributed by atoms with van der Waals surface area (Å²) in [6.07, 6.45) is 3.82. The zero-order valence-electron chi connectivity index (χ0n) is 10.1. The maximum Gasteiger partial charge on any atom is 0.272 e. The van der Waals surface area contributed by atoms with Gasteiger partial charge in [0, 0.05) is 19.3 Å². The molecule has 1 unspecified atom stereocenters. The van der Waals surface area contributed by atoms with E-state index in [2.05, 4.69) is 4.98 Å². The number of carbonyl (C=O) groups is 1. The number of pyridine rings is 1. The van der Waals surface area contributed by atoms with Crippen molar-refractivity contribution in [2.24, 2.45) is 11.7 Å². The number of nitrogens with two attached hydrogens (primary N) is 1. The van der Waals surface area contributed by atoms with Crippen LogP contribution >= 0.6 is 24.8 Å². The van der Waals surface area contributed by atoms with Gasteiger partial charge in [-0.2, -0.15) is 0 Å². The molecule has 0 aromatic carbocycles. The Morgan fingerprint density at radius 3 is 2.83 bits per heavy atom. The van der Waals surface area contributed by atoms with Gasteiger partial charge in [0.25, 0.3) is 5.91 Å². The molecule has 0 aliphatic carbocycles. The summed E-state index contributed by atoms with van der Waals surface area (Å²) in [5.74, 6) is 0.472. The van der Waals surface area contributed by atoms with Crippen molar-refractivity contribution in [3.05, 3.63) is 30.1 Å². The molecule has 102 valence electrons. The first-order valence-corrected chi connectivity index (χ1v) is 5.71. The summed E-state index contributed by atoms with van der Waals surface area (Å²) in [5.41, 5.74) is 6.18. The number of nitrogens with zero attached hydrogens (tertiary/aromatic N) is 2. The molecule has 0 radical (unpaired) electrons. The van der Waals surface area contributed by atoms with Gasteiger partial charge in [0.2, 0.25) is 0 Å². The fourth-order valence-corrected chi connectivity index (χ4v) is 2.09. The Hall–Kier alpha value is -0.840. The minimum atomic E-state index is 0. The van der Waals surface area contributed by atoms with Crippen LogP contribution in [-0.4, -0.2) is 35.4 Å². The normalized spacial score (nSPS) is 18.5. The average molecular weight is 292 g/mol. The molecule has 4 nitrogen and oxygen atoms in total. The van der Waals surface area contributed by atoms with Crippen LogP contribution in [-0.2, 0) is 0 Å². The molecule has 2 N–H and O–H groups in total. The van der Waals surface area contributed by atoms with E-state index in [-0.39, 0.29) is 30.7 Å². The van der Waals surface area contributed by atoms with Gasteiger partial charge in [-0.25, -0.2) is 0 Å². The third kappa shape index (κ3) is 4.12. The number of hydrogen-bond acceptors (Lipinski definition) is 3. The number of likely N-dealkylation sites (tertiary alicyclic amines) is 1. The molecule has 2 rings (SSSR count). The Kier molecular flexibility index (Phi) is 7.91. The molecule has 0 bridgehead atoms. The van der Waals surface area contributed by atoms with Gasteiger partial charge in [0.15, 0.2) is 0 Å². The van der Waals surface area contributed by atoms with Crippen LogP contribution in [0, 0.1) is 5.92 Å². The Morgan fingerprint density at radius 1 is 1.44 bits per heavy atom. The summed E-state index contributed by atoms with van der Waals surface area (Å²) in [6, 6.07) is 5.41. The van der Waals surface area contributed by atoms with Gasteiger partial charge in [-0.1, -0.05) is 6.07 Å². The lowest BCUT2D eigenvalue weighted by Gasteiger charge is -2.31. The molecule has 1 aliphatic heterocycles. The predicted octanol–water partition coefficient (Wildman–Crippen LogP) is 1.74. The Bertz CT molecular complexity index is 362. The summed E-state index contributed by atoms with van der Waals surface area (Å²) in [7, 11) is 0. The van der Waals surface area contributed by atoms with Crippen LogP contribution in [0.1, 0.15) is 23.3 Å². The van der Waals surface area contributed by atoms with E-state index >= 15 is 0 Å². The largest absolute Gasteiger partial charge is 0.337 e. The summed E-state index contributed by atoms with van der Waals surface area (Å²) < 4.78 is 0. The maximum absolute atomic E-state index is 12.1. The highest BCUT2D eigenvalue weighted by molar-refractivity contribution is 5.92. The van der Waals surface area contributed by atoms with Crippen molar-refractivity contribution in [2.45, 2.75) is 12.8 Å². The lowest BCUT2D eigenvalue weighted by atomic mass is 9.98. The van der Waals surface area contributed by atoms with E-state index < -0.39 is 0 Å². The molecule has 0 spiro atoms. The van der Waals surface area contributed by atoms with E-state index in [1.54, 1.807) is 12.3 Å². The Morgan fingerprint density at radius 2 is 2.22 bits per heavy atom. The minimum Gasteiger partial charge on any atom is -0.337 e. The lowest BCUT2D eigenvalue weighted by Crippen LogP contribution is -2.42. The van der Waals surface area contributed by atoms with Crippen LogP contribution in [0.15, 0.2) is 24.4 Å². The number of hydrogen-bond donors (Lipinski definition) is 1. The van der Waals surface area contributed by atoms with E-state index in [4.69, 9.17) is 5.73 Å². The standard InChI is InChI=1S/C12H17N3O.2ClH/c13-8-10-4-3-7-15(9-10)12(16)11-5-1-2-6-14-11;;/h1-2,5-6,10H,3-4,7-9,13H2;2*1H. The fourth-order valence-electron chi connectivity index (χ4n) is 2.09. The minimum absolute atomic E-state index is 0. The van der Waals surface area contributed by atoms with Crippen LogP contribution in [0.2, 0.25) is 0 Å². The quantitative estimate of drug-likeness (QED) is 0.903. The molecule has 1 amide bonds. The first-order chi connectivity index (χ1) is 7.81. The lowest BCUT2D eigenvalue weighted by molar-refractivity contribution is 0.0672. The third-order valence-electron chi connectivity index (χ3n) is 3.02. The summed E-state index contributed by atoms with van der Waals surface area (Å²) in [5, 5.41) is 0. The number of aromatic nitrogens is 1. The smallest absolute Gasteiger partial charge is 0.272 e. The second-order valence-corrected chi connectivity index (χ2v) is 4.21. The molecule has 18 heavy (non-hydrogen) atoms. The van der Waals surface area contributed by atoms with Crippen LogP contribution in [0.3, 0.4) is 0 Å². The van der Waals surface area contributed by atoms with Gasteiger partial charge in [0.1, 0.15) is 5.69 Å². The van der Waals surface area contributed by atoms with E-state index in [0.717, 1.165) is 25.9 Å². The average Bonchev–Trinajstić information content (AvgIpc) is 2.39. The SMILES string of the molecule is Cl.Cl.NCC1CCCN(C(=O)c2ccccn2)C1. The Balaban J connectivity index is 0.00000144. The Labute approximate surface area is 120 Å². The zero-order chi connectivity index (χ0) is 11.4. The van der Waals surface area contributed by atoms with Crippen LogP contribution in [0.25, 0.3) is 0 Å². The number of amides is 1. The van der Waals surface area contributed by atoms with E-state index in [9.17, 15) is 4.79 Å². The second-order valence-electron chi connectivity index (χ2n) is 4.21. The first kappa shape index (κ1) is 17.2. The highest BCUT2D eigenvalue weighted by Gasteiger charge is 2.23. The monoisotopic (exact) mass is 291 g/mol. The van der Waals surface area contributed by atoms with Gasteiger partial charge in [-0.05, 0) is 37.4 Å². The fraction of sp³-hybridized carbons (Fsp3) is 0.500. The number of piperidine rings is 1. The first-order valence-electron chi connectivity index (χ1n) is 5.71. The van der Waals surface area contributed by atoms with Crippen molar-refractivity contribution in [3.63, 3.8) is 0 Å². The van der Waals surface area contributed by atoms with Crippen LogP contribution in [0.5, 0.6) is 0 Å². The van der Waals surface area contributed by atoms with E-state index in [0.29, 0.717) is 18.2 Å². The summed E-state index contributed by atoms with van der Waals surface area (Å²) in [6.45, 7) is 2.25. The van der Waals surface area contributed by atoms with Gasteiger partial charge in [-0.3, -0.25) is 9.78 Å². The van der Waals surface area contributed by atoms with E-state index in [1.165, 1.54) is 0 Å². The molecule has 2 heterocycles. The highest BCUT2D eigenvalue weighted by atomic mass is 35.5. The molecule has 0 saturated carbocycles. The van der Waals surface area contributed by atoms with E-state index in [1.807, 2.05) is 17.0 Å². The molecular formula is C12H19Cl2N3O. The van der Waals surface area contributed by atoms with Crippen LogP contribution in [0.4, 0.5) is 0 Å². The molecule has 1 saturated heterocycles.